The molecule has 0 saturated heterocycles. The van der Waals surface area contributed by atoms with Gasteiger partial charge in [-0.25, -0.2) is 9.97 Å². The zero-order valence-electron chi connectivity index (χ0n) is 5.19. The van der Waals surface area contributed by atoms with Crippen molar-refractivity contribution in [2.75, 3.05) is 0 Å². The Balaban J connectivity index is 2.84. The third kappa shape index (κ3) is 1.80. The fourth-order valence-electron chi connectivity index (χ4n) is 0.583. The van der Waals surface area contributed by atoms with Crippen molar-refractivity contribution in [1.82, 2.24) is 9.97 Å². The highest BCUT2D eigenvalue weighted by atomic mass is 32.1. The quantitative estimate of drug-likeness (QED) is 0.383. The van der Waals surface area contributed by atoms with Crippen LogP contribution in [0.5, 0.6) is 0 Å². The van der Waals surface area contributed by atoms with Gasteiger partial charge >= 0.3 is 0 Å². The smallest absolute Gasteiger partial charge is 0.125 e. The van der Waals surface area contributed by atoms with Gasteiger partial charge in [0, 0.05) is 6.42 Å². The van der Waals surface area contributed by atoms with Crippen molar-refractivity contribution < 1.29 is 4.79 Å². The summed E-state index contributed by atoms with van der Waals surface area (Å²) in [5.74, 6) is 0. The van der Waals surface area contributed by atoms with E-state index in [1.54, 1.807) is 6.07 Å². The van der Waals surface area contributed by atoms with Crippen LogP contribution in [0.15, 0.2) is 17.4 Å². The minimum atomic E-state index is 0.329. The fraction of sp³-hybridized carbons (Fsp3) is 0.167. The van der Waals surface area contributed by atoms with Crippen molar-refractivity contribution in [3.8, 4) is 0 Å². The summed E-state index contributed by atoms with van der Waals surface area (Å²) in [6, 6.07) is 1.66. The first-order valence-electron chi connectivity index (χ1n) is 2.76. The fourth-order valence-corrected chi connectivity index (χ4v) is 0.783. The van der Waals surface area contributed by atoms with E-state index >= 15 is 0 Å². The summed E-state index contributed by atoms with van der Waals surface area (Å²) in [5.41, 5.74) is 0.704. The molecular weight excluding hydrogens is 148 g/mol. The van der Waals surface area contributed by atoms with Crippen LogP contribution >= 0.6 is 12.6 Å². The van der Waals surface area contributed by atoms with E-state index in [2.05, 4.69) is 22.6 Å². The average molecular weight is 154 g/mol. The average Bonchev–Trinajstić information content (AvgIpc) is 1.88. The molecule has 0 saturated carbocycles. The van der Waals surface area contributed by atoms with Crippen molar-refractivity contribution in [3.05, 3.63) is 18.1 Å². The second-order valence-corrected chi connectivity index (χ2v) is 2.20. The third-order valence-corrected chi connectivity index (χ3v) is 1.25. The molecule has 0 radical (unpaired) electrons. The molecular formula is C6H6N2OS. The van der Waals surface area contributed by atoms with Gasteiger partial charge in [0.1, 0.15) is 12.6 Å². The number of hydrogen-bond acceptors (Lipinski definition) is 4. The van der Waals surface area contributed by atoms with Crippen molar-refractivity contribution in [2.24, 2.45) is 0 Å². The highest BCUT2D eigenvalue weighted by molar-refractivity contribution is 7.80. The van der Waals surface area contributed by atoms with Crippen molar-refractivity contribution >= 4 is 18.9 Å². The lowest BCUT2D eigenvalue weighted by Crippen LogP contribution is -1.91. The standard InChI is InChI=1S/C6H6N2OS/c9-2-1-5-3-6(10)8-4-7-5/h2-4H,1H2,(H,7,8,10). The van der Waals surface area contributed by atoms with Gasteiger partial charge in [-0.3, -0.25) is 0 Å². The second kappa shape index (κ2) is 3.31. The van der Waals surface area contributed by atoms with Gasteiger partial charge in [-0.05, 0) is 6.07 Å². The van der Waals surface area contributed by atoms with E-state index in [1.165, 1.54) is 6.33 Å². The Morgan fingerprint density at radius 3 is 3.00 bits per heavy atom. The van der Waals surface area contributed by atoms with E-state index in [0.29, 0.717) is 17.1 Å². The van der Waals surface area contributed by atoms with Crippen LogP contribution in [0.25, 0.3) is 0 Å². The molecule has 0 aliphatic carbocycles. The molecule has 0 aliphatic heterocycles. The number of aromatic nitrogens is 2. The van der Waals surface area contributed by atoms with E-state index in [-0.39, 0.29) is 0 Å². The number of nitrogens with zero attached hydrogens (tertiary/aromatic N) is 2. The summed E-state index contributed by atoms with van der Waals surface area (Å²) in [6.45, 7) is 0. The van der Waals surface area contributed by atoms with Gasteiger partial charge in [0.25, 0.3) is 0 Å². The molecule has 4 heteroatoms. The molecule has 3 nitrogen and oxygen atoms in total. The van der Waals surface area contributed by atoms with Crippen LogP contribution in [0, 0.1) is 0 Å². The topological polar surface area (TPSA) is 42.9 Å². The predicted octanol–water partition coefficient (Wildman–Crippen LogP) is 0.507. The van der Waals surface area contributed by atoms with Gasteiger partial charge in [-0.15, -0.1) is 12.6 Å². The Morgan fingerprint density at radius 2 is 2.40 bits per heavy atom. The largest absolute Gasteiger partial charge is 0.303 e. The molecule has 0 fully saturated rings. The van der Waals surface area contributed by atoms with Crippen LogP contribution < -0.4 is 0 Å². The van der Waals surface area contributed by atoms with E-state index in [4.69, 9.17) is 0 Å². The maximum absolute atomic E-state index is 10.0. The normalized spacial score (nSPS) is 9.30. The van der Waals surface area contributed by atoms with Gasteiger partial charge in [0.2, 0.25) is 0 Å². The van der Waals surface area contributed by atoms with Gasteiger partial charge in [0.15, 0.2) is 0 Å². The minimum absolute atomic E-state index is 0.329. The summed E-state index contributed by atoms with van der Waals surface area (Å²) in [7, 11) is 0. The van der Waals surface area contributed by atoms with E-state index in [0.717, 1.165) is 6.29 Å². The molecule has 0 atom stereocenters. The monoisotopic (exact) mass is 154 g/mol. The molecule has 10 heavy (non-hydrogen) atoms. The molecule has 1 rings (SSSR count). The maximum atomic E-state index is 10.0. The first kappa shape index (κ1) is 7.21. The highest BCUT2D eigenvalue weighted by Crippen LogP contribution is 2.00. The summed E-state index contributed by atoms with van der Waals surface area (Å²) >= 11 is 3.98. The van der Waals surface area contributed by atoms with Crippen molar-refractivity contribution in [2.45, 2.75) is 11.4 Å². The lowest BCUT2D eigenvalue weighted by Gasteiger charge is -1.92. The Kier molecular flexibility index (Phi) is 2.39. The van der Waals surface area contributed by atoms with Gasteiger partial charge in [-0.2, -0.15) is 0 Å². The summed E-state index contributed by atoms with van der Waals surface area (Å²) in [5, 5.41) is 0.590. The van der Waals surface area contributed by atoms with Gasteiger partial charge in [-0.1, -0.05) is 0 Å². The number of hydrogen-bond donors (Lipinski definition) is 1. The zero-order chi connectivity index (χ0) is 7.40. The molecule has 0 amide bonds. The summed E-state index contributed by atoms with van der Waals surface area (Å²) in [4.78, 5) is 17.6. The minimum Gasteiger partial charge on any atom is -0.303 e. The maximum Gasteiger partial charge on any atom is 0.125 e. The molecule has 0 aliphatic rings. The molecule has 52 valence electrons. The molecule has 0 N–H and O–H groups in total. The summed E-state index contributed by atoms with van der Waals surface area (Å²) in [6.07, 6.45) is 2.52. The number of aldehydes is 1. The van der Waals surface area contributed by atoms with Gasteiger partial charge in [0.05, 0.1) is 10.7 Å². The van der Waals surface area contributed by atoms with Crippen LogP contribution in [0.3, 0.4) is 0 Å². The van der Waals surface area contributed by atoms with Crippen LogP contribution in [0.4, 0.5) is 0 Å². The third-order valence-electron chi connectivity index (χ3n) is 1.00. The van der Waals surface area contributed by atoms with E-state index in [1.807, 2.05) is 0 Å². The van der Waals surface area contributed by atoms with Crippen LogP contribution in [-0.4, -0.2) is 16.3 Å². The lowest BCUT2D eigenvalue weighted by molar-refractivity contribution is -0.107. The molecule has 1 aromatic heterocycles. The number of carbonyl (C=O) groups is 1. The number of carbonyl (C=O) groups excluding carboxylic acids is 1. The van der Waals surface area contributed by atoms with Crippen LogP contribution in [0.1, 0.15) is 5.69 Å². The van der Waals surface area contributed by atoms with Gasteiger partial charge < -0.3 is 4.79 Å². The van der Waals surface area contributed by atoms with Crippen LogP contribution in [0.2, 0.25) is 0 Å². The Bertz CT molecular complexity index is 239. The van der Waals surface area contributed by atoms with Crippen LogP contribution in [-0.2, 0) is 11.2 Å². The van der Waals surface area contributed by atoms with E-state index < -0.39 is 0 Å². The number of thiol groups is 1. The molecule has 1 aromatic rings. The molecule has 0 aromatic carbocycles. The number of rotatable bonds is 2. The second-order valence-electron chi connectivity index (χ2n) is 1.74. The first-order valence-corrected chi connectivity index (χ1v) is 3.21. The predicted molar refractivity (Wildman–Crippen MR) is 39.1 cm³/mol. The Morgan fingerprint density at radius 1 is 1.60 bits per heavy atom. The SMILES string of the molecule is O=CCc1cc(S)ncn1. The summed E-state index contributed by atoms with van der Waals surface area (Å²) < 4.78 is 0. The molecule has 0 spiro atoms. The van der Waals surface area contributed by atoms with E-state index in [9.17, 15) is 4.79 Å². The zero-order valence-corrected chi connectivity index (χ0v) is 6.08. The molecule has 0 unspecified atom stereocenters. The molecule has 0 bridgehead atoms. The first-order chi connectivity index (χ1) is 4.83. The van der Waals surface area contributed by atoms with Crippen molar-refractivity contribution in [3.63, 3.8) is 0 Å². The molecule has 1 heterocycles. The highest BCUT2D eigenvalue weighted by Gasteiger charge is 1.92. The Hall–Kier alpha value is -0.900. The van der Waals surface area contributed by atoms with Crippen molar-refractivity contribution in [1.29, 1.82) is 0 Å². The lowest BCUT2D eigenvalue weighted by atomic mass is 10.3. The Labute approximate surface area is 63.9 Å².